The molecule has 94 valence electrons. The summed E-state index contributed by atoms with van der Waals surface area (Å²) in [4.78, 5) is 0. The van der Waals surface area contributed by atoms with E-state index >= 15 is 0 Å². The highest BCUT2D eigenvalue weighted by Gasteiger charge is 2.03. The SMILES string of the molecule is NCc1cccc(NCc2cc(Cl)ccc2F)c1. The fraction of sp³-hybridized carbons (Fsp3) is 0.143. The van der Waals surface area contributed by atoms with Gasteiger partial charge in [-0.25, -0.2) is 4.39 Å². The van der Waals surface area contributed by atoms with E-state index in [4.69, 9.17) is 17.3 Å². The van der Waals surface area contributed by atoms with Crippen LogP contribution in [0.5, 0.6) is 0 Å². The van der Waals surface area contributed by atoms with Gasteiger partial charge in [-0.05, 0) is 35.9 Å². The van der Waals surface area contributed by atoms with Crippen molar-refractivity contribution in [3.8, 4) is 0 Å². The molecule has 0 spiro atoms. The number of anilines is 1. The van der Waals surface area contributed by atoms with E-state index in [1.54, 1.807) is 6.07 Å². The van der Waals surface area contributed by atoms with Crippen LogP contribution in [0.3, 0.4) is 0 Å². The number of hydrogen-bond acceptors (Lipinski definition) is 2. The van der Waals surface area contributed by atoms with Gasteiger partial charge in [-0.2, -0.15) is 0 Å². The lowest BCUT2D eigenvalue weighted by Crippen LogP contribution is -2.03. The average Bonchev–Trinajstić information content (AvgIpc) is 2.40. The Labute approximate surface area is 111 Å². The van der Waals surface area contributed by atoms with Crippen molar-refractivity contribution in [1.29, 1.82) is 0 Å². The van der Waals surface area contributed by atoms with Crippen molar-refractivity contribution < 1.29 is 4.39 Å². The third kappa shape index (κ3) is 3.22. The van der Waals surface area contributed by atoms with E-state index in [9.17, 15) is 4.39 Å². The Balaban J connectivity index is 2.08. The molecule has 0 aromatic heterocycles. The summed E-state index contributed by atoms with van der Waals surface area (Å²) < 4.78 is 13.5. The van der Waals surface area contributed by atoms with Gasteiger partial charge < -0.3 is 11.1 Å². The molecule has 0 fully saturated rings. The van der Waals surface area contributed by atoms with Crippen molar-refractivity contribution in [3.05, 3.63) is 64.4 Å². The number of halogens is 2. The Morgan fingerprint density at radius 3 is 2.78 bits per heavy atom. The Kier molecular flexibility index (Phi) is 4.18. The van der Waals surface area contributed by atoms with E-state index in [1.165, 1.54) is 12.1 Å². The molecule has 0 bridgehead atoms. The van der Waals surface area contributed by atoms with Gasteiger partial charge in [0.15, 0.2) is 0 Å². The summed E-state index contributed by atoms with van der Waals surface area (Å²) in [5, 5.41) is 3.68. The van der Waals surface area contributed by atoms with E-state index < -0.39 is 0 Å². The van der Waals surface area contributed by atoms with Gasteiger partial charge in [0.05, 0.1) is 0 Å². The summed E-state index contributed by atoms with van der Waals surface area (Å²) in [5.41, 5.74) is 8.06. The molecule has 0 saturated carbocycles. The molecule has 0 unspecified atom stereocenters. The Hall–Kier alpha value is -1.58. The highest BCUT2D eigenvalue weighted by molar-refractivity contribution is 6.30. The molecule has 0 radical (unpaired) electrons. The minimum atomic E-state index is -0.262. The van der Waals surface area contributed by atoms with Crippen LogP contribution in [0.25, 0.3) is 0 Å². The molecule has 18 heavy (non-hydrogen) atoms. The molecule has 0 atom stereocenters. The predicted octanol–water partition coefficient (Wildman–Crippen LogP) is 3.55. The fourth-order valence-electron chi connectivity index (χ4n) is 1.68. The van der Waals surface area contributed by atoms with Crippen molar-refractivity contribution in [2.24, 2.45) is 5.73 Å². The second-order valence-electron chi connectivity index (χ2n) is 3.99. The van der Waals surface area contributed by atoms with Crippen LogP contribution in [0.1, 0.15) is 11.1 Å². The molecule has 4 heteroatoms. The Morgan fingerprint density at radius 1 is 1.17 bits per heavy atom. The van der Waals surface area contributed by atoms with Gasteiger partial charge in [-0.15, -0.1) is 0 Å². The number of hydrogen-bond donors (Lipinski definition) is 2. The number of nitrogens with one attached hydrogen (secondary N) is 1. The molecule has 0 aliphatic rings. The van der Waals surface area contributed by atoms with Gasteiger partial charge in [0.2, 0.25) is 0 Å². The third-order valence-electron chi connectivity index (χ3n) is 2.65. The van der Waals surface area contributed by atoms with Crippen LogP contribution in [-0.4, -0.2) is 0 Å². The van der Waals surface area contributed by atoms with Crippen LogP contribution >= 0.6 is 11.6 Å². The lowest BCUT2D eigenvalue weighted by Gasteiger charge is -2.09. The monoisotopic (exact) mass is 264 g/mol. The van der Waals surface area contributed by atoms with Crippen molar-refractivity contribution in [2.45, 2.75) is 13.1 Å². The molecule has 0 saturated heterocycles. The van der Waals surface area contributed by atoms with Gasteiger partial charge in [0.25, 0.3) is 0 Å². The first-order chi connectivity index (χ1) is 8.69. The maximum absolute atomic E-state index is 13.5. The zero-order valence-electron chi connectivity index (χ0n) is 9.79. The van der Waals surface area contributed by atoms with Crippen LogP contribution in [0, 0.1) is 5.82 Å². The van der Waals surface area contributed by atoms with Crippen LogP contribution in [0.15, 0.2) is 42.5 Å². The van der Waals surface area contributed by atoms with Gasteiger partial charge >= 0.3 is 0 Å². The van der Waals surface area contributed by atoms with Crippen LogP contribution in [0.2, 0.25) is 5.02 Å². The van der Waals surface area contributed by atoms with Gasteiger partial charge in [0, 0.05) is 29.4 Å². The van der Waals surface area contributed by atoms with Crippen LogP contribution in [0.4, 0.5) is 10.1 Å². The molecule has 2 nitrogen and oxygen atoms in total. The molecule has 0 aliphatic carbocycles. The lowest BCUT2D eigenvalue weighted by molar-refractivity contribution is 0.613. The zero-order valence-corrected chi connectivity index (χ0v) is 10.5. The molecule has 0 heterocycles. The summed E-state index contributed by atoms with van der Waals surface area (Å²) in [6.07, 6.45) is 0. The Morgan fingerprint density at radius 2 is 2.00 bits per heavy atom. The second kappa shape index (κ2) is 5.85. The Bertz CT molecular complexity index is 543. The van der Waals surface area contributed by atoms with E-state index in [0.29, 0.717) is 23.7 Å². The quantitative estimate of drug-likeness (QED) is 0.886. The van der Waals surface area contributed by atoms with Crippen molar-refractivity contribution >= 4 is 17.3 Å². The van der Waals surface area contributed by atoms with Gasteiger partial charge in [-0.1, -0.05) is 23.7 Å². The lowest BCUT2D eigenvalue weighted by atomic mass is 10.2. The van der Waals surface area contributed by atoms with Gasteiger partial charge in [-0.3, -0.25) is 0 Å². The topological polar surface area (TPSA) is 38.0 Å². The van der Waals surface area contributed by atoms with E-state index in [0.717, 1.165) is 11.3 Å². The standard InChI is InChI=1S/C14H14ClFN2/c15-12-4-5-14(16)11(7-12)9-18-13-3-1-2-10(6-13)8-17/h1-7,18H,8-9,17H2. The largest absolute Gasteiger partial charge is 0.381 e. The van der Waals surface area contributed by atoms with Gasteiger partial charge in [0.1, 0.15) is 5.82 Å². The maximum atomic E-state index is 13.5. The molecule has 0 aliphatic heterocycles. The summed E-state index contributed by atoms with van der Waals surface area (Å²) in [5.74, 6) is -0.262. The summed E-state index contributed by atoms with van der Waals surface area (Å²) in [6.45, 7) is 0.876. The minimum Gasteiger partial charge on any atom is -0.381 e. The van der Waals surface area contributed by atoms with E-state index in [-0.39, 0.29) is 5.82 Å². The molecule has 0 amide bonds. The number of nitrogens with two attached hydrogens (primary N) is 1. The minimum absolute atomic E-state index is 0.262. The van der Waals surface area contributed by atoms with Crippen molar-refractivity contribution in [1.82, 2.24) is 0 Å². The normalized spacial score (nSPS) is 10.4. The maximum Gasteiger partial charge on any atom is 0.128 e. The highest BCUT2D eigenvalue weighted by Crippen LogP contribution is 2.17. The first-order valence-electron chi connectivity index (χ1n) is 5.66. The molecule has 2 rings (SSSR count). The second-order valence-corrected chi connectivity index (χ2v) is 4.43. The van der Waals surface area contributed by atoms with E-state index in [1.807, 2.05) is 24.3 Å². The first kappa shape index (κ1) is 12.9. The van der Waals surface area contributed by atoms with Crippen LogP contribution in [-0.2, 0) is 13.1 Å². The van der Waals surface area contributed by atoms with Crippen molar-refractivity contribution in [3.63, 3.8) is 0 Å². The molecular weight excluding hydrogens is 251 g/mol. The first-order valence-corrected chi connectivity index (χ1v) is 6.03. The molecule has 2 aromatic carbocycles. The molecule has 2 aromatic rings. The predicted molar refractivity (Wildman–Crippen MR) is 73.1 cm³/mol. The number of rotatable bonds is 4. The van der Waals surface area contributed by atoms with E-state index in [2.05, 4.69) is 5.32 Å². The molecule has 3 N–H and O–H groups in total. The average molecular weight is 265 g/mol. The molecular formula is C14H14ClFN2. The third-order valence-corrected chi connectivity index (χ3v) is 2.89. The summed E-state index contributed by atoms with van der Waals surface area (Å²) >= 11 is 5.84. The smallest absolute Gasteiger partial charge is 0.128 e. The summed E-state index contributed by atoms with van der Waals surface area (Å²) in [7, 11) is 0. The highest BCUT2D eigenvalue weighted by atomic mass is 35.5. The summed E-state index contributed by atoms with van der Waals surface area (Å²) in [6, 6.07) is 12.3. The zero-order chi connectivity index (χ0) is 13.0. The fourth-order valence-corrected chi connectivity index (χ4v) is 1.88. The number of benzene rings is 2. The van der Waals surface area contributed by atoms with Crippen molar-refractivity contribution in [2.75, 3.05) is 5.32 Å². The van der Waals surface area contributed by atoms with Crippen LogP contribution < -0.4 is 11.1 Å².